The highest BCUT2D eigenvalue weighted by atomic mass is 32.2. The van der Waals surface area contributed by atoms with Crippen LogP contribution in [0, 0.1) is 0 Å². The van der Waals surface area contributed by atoms with Crippen LogP contribution in [0.5, 0.6) is 0 Å². The molecule has 0 spiro atoms. The lowest BCUT2D eigenvalue weighted by atomic mass is 10.3. The first-order valence-corrected chi connectivity index (χ1v) is 7.41. The van der Waals surface area contributed by atoms with Gasteiger partial charge in [0, 0.05) is 31.2 Å². The summed E-state index contributed by atoms with van der Waals surface area (Å²) in [5.41, 5.74) is 1.02. The molecule has 5 nitrogen and oxygen atoms in total. The molecule has 1 aromatic rings. The molecular formula is C10H16N4OS2. The predicted octanol–water partition coefficient (Wildman–Crippen LogP) is 1.33. The molecule has 2 amide bonds. The highest BCUT2D eigenvalue weighted by Crippen LogP contribution is 2.06. The van der Waals surface area contributed by atoms with Crippen molar-refractivity contribution in [1.29, 1.82) is 0 Å². The average molecular weight is 272 g/mol. The highest BCUT2D eigenvalue weighted by molar-refractivity contribution is 8.02. The van der Waals surface area contributed by atoms with Gasteiger partial charge in [0.05, 0.1) is 5.69 Å². The molecule has 0 aliphatic rings. The zero-order chi connectivity index (χ0) is 12.3. The van der Waals surface area contributed by atoms with Gasteiger partial charge in [-0.3, -0.25) is 4.72 Å². The van der Waals surface area contributed by atoms with E-state index in [0.29, 0.717) is 0 Å². The van der Waals surface area contributed by atoms with Crippen LogP contribution in [0.4, 0.5) is 4.79 Å². The van der Waals surface area contributed by atoms with Crippen LogP contribution in [0.2, 0.25) is 0 Å². The third-order valence-corrected chi connectivity index (χ3v) is 3.83. The largest absolute Gasteiger partial charge is 0.341 e. The van der Waals surface area contributed by atoms with Gasteiger partial charge in [-0.25, -0.2) is 4.79 Å². The molecule has 0 aliphatic carbocycles. The van der Waals surface area contributed by atoms with Crippen LogP contribution in [0.15, 0.2) is 18.3 Å². The molecular weight excluding hydrogens is 256 g/mol. The molecule has 0 aliphatic heterocycles. The molecule has 0 fully saturated rings. The fraction of sp³-hybridized carbons (Fsp3) is 0.500. The number of nitrogens with zero attached hydrogens (tertiary/aromatic N) is 2. The molecule has 0 saturated heterocycles. The van der Waals surface area contributed by atoms with Gasteiger partial charge in [-0.15, -0.1) is 0 Å². The number of amides is 2. The van der Waals surface area contributed by atoms with E-state index in [9.17, 15) is 4.79 Å². The lowest BCUT2D eigenvalue weighted by molar-refractivity contribution is 0.248. The van der Waals surface area contributed by atoms with Crippen LogP contribution < -0.4 is 10.0 Å². The van der Waals surface area contributed by atoms with Gasteiger partial charge < -0.3 is 5.32 Å². The maximum absolute atomic E-state index is 10.8. The Morgan fingerprint density at radius 3 is 3.00 bits per heavy atom. The van der Waals surface area contributed by atoms with E-state index in [2.05, 4.69) is 20.2 Å². The monoisotopic (exact) mass is 272 g/mol. The zero-order valence-electron chi connectivity index (χ0n) is 9.68. The predicted molar refractivity (Wildman–Crippen MR) is 73.1 cm³/mol. The summed E-state index contributed by atoms with van der Waals surface area (Å²) < 4.78 is 2.67. The van der Waals surface area contributed by atoms with Crippen LogP contribution in [0.3, 0.4) is 0 Å². The molecule has 0 saturated carbocycles. The van der Waals surface area contributed by atoms with Gasteiger partial charge in [-0.2, -0.15) is 22.0 Å². The first-order chi connectivity index (χ1) is 8.33. The molecule has 0 atom stereocenters. The Morgan fingerprint density at radius 2 is 2.29 bits per heavy atom. The second-order valence-electron chi connectivity index (χ2n) is 3.11. The number of carbonyl (C=O) groups is 1. The molecule has 1 aromatic heterocycles. The third kappa shape index (κ3) is 7.06. The quantitative estimate of drug-likeness (QED) is 0.579. The number of urea groups is 1. The summed E-state index contributed by atoms with van der Waals surface area (Å²) in [7, 11) is 1.60. The zero-order valence-corrected chi connectivity index (χ0v) is 11.3. The van der Waals surface area contributed by atoms with Crippen molar-refractivity contribution in [3.05, 3.63) is 24.0 Å². The van der Waals surface area contributed by atoms with E-state index in [1.54, 1.807) is 13.2 Å². The smallest absolute Gasteiger partial charge is 0.324 e. The molecule has 0 bridgehead atoms. The van der Waals surface area contributed by atoms with E-state index in [4.69, 9.17) is 0 Å². The second kappa shape index (κ2) is 9.12. The Kier molecular flexibility index (Phi) is 7.57. The van der Waals surface area contributed by atoms with Gasteiger partial charge in [-0.1, -0.05) is 0 Å². The molecule has 2 N–H and O–H groups in total. The van der Waals surface area contributed by atoms with E-state index in [-0.39, 0.29) is 6.03 Å². The fourth-order valence-corrected chi connectivity index (χ4v) is 2.71. The number of nitrogens with one attached hydrogen (secondary N) is 2. The number of hydrogen-bond donors (Lipinski definition) is 2. The third-order valence-electron chi connectivity index (χ3n) is 1.85. The standard InChI is InChI=1S/C10H16N4OS2/c1-11-10(15)14-17-8-7-16-6-4-9-3-2-5-12-13-9/h2-3,5H,4,6-8H2,1H3,(H2,11,14,15). The molecule has 94 valence electrons. The first kappa shape index (κ1) is 14.1. The second-order valence-corrected chi connectivity index (χ2v) is 5.23. The summed E-state index contributed by atoms with van der Waals surface area (Å²) in [6.45, 7) is 0. The van der Waals surface area contributed by atoms with Crippen LogP contribution in [-0.4, -0.2) is 40.5 Å². The van der Waals surface area contributed by atoms with E-state index in [1.165, 1.54) is 11.9 Å². The van der Waals surface area contributed by atoms with Crippen molar-refractivity contribution in [2.45, 2.75) is 6.42 Å². The minimum atomic E-state index is -0.153. The van der Waals surface area contributed by atoms with Crippen molar-refractivity contribution < 1.29 is 4.79 Å². The Morgan fingerprint density at radius 1 is 1.41 bits per heavy atom. The lowest BCUT2D eigenvalue weighted by Crippen LogP contribution is -2.27. The van der Waals surface area contributed by atoms with Crippen LogP contribution in [-0.2, 0) is 6.42 Å². The number of thioether (sulfide) groups is 1. The number of hydrogen-bond acceptors (Lipinski definition) is 5. The number of aromatic nitrogens is 2. The van der Waals surface area contributed by atoms with Gasteiger partial charge in [0.1, 0.15) is 0 Å². The average Bonchev–Trinajstić information content (AvgIpc) is 2.38. The van der Waals surface area contributed by atoms with Gasteiger partial charge in [0.15, 0.2) is 0 Å². The molecule has 0 unspecified atom stereocenters. The number of aryl methyl sites for hydroxylation is 1. The van der Waals surface area contributed by atoms with Gasteiger partial charge in [0.2, 0.25) is 0 Å². The summed E-state index contributed by atoms with van der Waals surface area (Å²) in [5, 5.41) is 10.3. The van der Waals surface area contributed by atoms with Crippen molar-refractivity contribution in [1.82, 2.24) is 20.2 Å². The topological polar surface area (TPSA) is 66.9 Å². The molecule has 17 heavy (non-hydrogen) atoms. The summed E-state index contributed by atoms with van der Waals surface area (Å²) in [6, 6.07) is 3.73. The van der Waals surface area contributed by atoms with Gasteiger partial charge in [0.25, 0.3) is 0 Å². The first-order valence-electron chi connectivity index (χ1n) is 5.26. The van der Waals surface area contributed by atoms with Crippen molar-refractivity contribution in [3.63, 3.8) is 0 Å². The Bertz CT molecular complexity index is 323. The summed E-state index contributed by atoms with van der Waals surface area (Å²) in [6.07, 6.45) is 2.61. The van der Waals surface area contributed by atoms with Crippen LogP contribution >= 0.6 is 23.7 Å². The summed E-state index contributed by atoms with van der Waals surface area (Å²) in [4.78, 5) is 10.8. The molecule has 0 radical (unpaired) electrons. The van der Waals surface area contributed by atoms with E-state index in [1.807, 2.05) is 23.9 Å². The Hall–Kier alpha value is -0.950. The number of rotatable bonds is 7. The lowest BCUT2D eigenvalue weighted by Gasteiger charge is -2.03. The Labute approximate surface area is 110 Å². The van der Waals surface area contributed by atoms with E-state index < -0.39 is 0 Å². The summed E-state index contributed by atoms with van der Waals surface area (Å²) >= 11 is 3.27. The van der Waals surface area contributed by atoms with Crippen molar-refractivity contribution in [3.8, 4) is 0 Å². The molecule has 7 heteroatoms. The van der Waals surface area contributed by atoms with Gasteiger partial charge in [-0.05, 0) is 29.8 Å². The molecule has 0 aromatic carbocycles. The van der Waals surface area contributed by atoms with E-state index in [0.717, 1.165) is 29.4 Å². The molecule has 1 heterocycles. The fourth-order valence-electron chi connectivity index (χ4n) is 1.01. The van der Waals surface area contributed by atoms with Crippen molar-refractivity contribution >= 4 is 29.7 Å². The normalized spacial score (nSPS) is 9.94. The maximum atomic E-state index is 10.8. The van der Waals surface area contributed by atoms with Crippen molar-refractivity contribution in [2.75, 3.05) is 24.3 Å². The van der Waals surface area contributed by atoms with Crippen molar-refractivity contribution in [2.24, 2.45) is 0 Å². The summed E-state index contributed by atoms with van der Waals surface area (Å²) in [5.74, 6) is 2.94. The maximum Gasteiger partial charge on any atom is 0.324 e. The van der Waals surface area contributed by atoms with Gasteiger partial charge >= 0.3 is 6.03 Å². The minimum Gasteiger partial charge on any atom is -0.341 e. The highest BCUT2D eigenvalue weighted by Gasteiger charge is 1.97. The number of carbonyl (C=O) groups excluding carboxylic acids is 1. The van der Waals surface area contributed by atoms with Crippen LogP contribution in [0.1, 0.15) is 5.69 Å². The molecule has 1 rings (SSSR count). The Balaban J connectivity index is 1.93. The minimum absolute atomic E-state index is 0.153. The van der Waals surface area contributed by atoms with E-state index >= 15 is 0 Å². The van der Waals surface area contributed by atoms with Crippen LogP contribution in [0.25, 0.3) is 0 Å². The SMILES string of the molecule is CNC(=O)NSCCSCCc1cccnn1.